The van der Waals surface area contributed by atoms with Crippen molar-refractivity contribution in [2.45, 2.75) is 58.2 Å². The van der Waals surface area contributed by atoms with E-state index >= 15 is 0 Å². The van der Waals surface area contributed by atoms with E-state index in [1.165, 1.54) is 0 Å². The van der Waals surface area contributed by atoms with Crippen molar-refractivity contribution < 1.29 is 14.3 Å². The van der Waals surface area contributed by atoms with E-state index in [-0.39, 0.29) is 6.09 Å². The van der Waals surface area contributed by atoms with E-state index in [1.807, 2.05) is 25.7 Å². The summed E-state index contributed by atoms with van der Waals surface area (Å²) in [6, 6.07) is 0.681. The molecule has 0 aliphatic carbocycles. The van der Waals surface area contributed by atoms with Crippen LogP contribution in [0, 0.1) is 0 Å². The van der Waals surface area contributed by atoms with Crippen molar-refractivity contribution in [1.82, 2.24) is 9.80 Å². The van der Waals surface area contributed by atoms with Crippen molar-refractivity contribution in [3.05, 3.63) is 0 Å². The van der Waals surface area contributed by atoms with E-state index < -0.39 is 5.60 Å². The normalized spacial score (nSPS) is 27.5. The second-order valence-electron chi connectivity index (χ2n) is 6.72. The number of amides is 1. The second-order valence-corrected chi connectivity index (χ2v) is 6.72. The fourth-order valence-electron chi connectivity index (χ4n) is 2.81. The van der Waals surface area contributed by atoms with E-state index in [1.54, 1.807) is 0 Å². The minimum Gasteiger partial charge on any atom is -0.444 e. The number of rotatable bonds is 4. The van der Waals surface area contributed by atoms with E-state index in [4.69, 9.17) is 9.47 Å². The largest absolute Gasteiger partial charge is 0.444 e. The van der Waals surface area contributed by atoms with Gasteiger partial charge in [-0.1, -0.05) is 13.3 Å². The topological polar surface area (TPSA) is 41.8 Å². The van der Waals surface area contributed by atoms with Gasteiger partial charge in [0.05, 0.1) is 25.3 Å². The highest BCUT2D eigenvalue weighted by Crippen LogP contribution is 2.34. The standard InChI is InChI=1S/C15H28N2O3/c1-5-6-12-13(11-16-7-9-19-10-8-16)17(12)14(18)20-15(2,3)4/h12-13H,5-11H2,1-4H3/t12-,13-,17?/m1/s1. The summed E-state index contributed by atoms with van der Waals surface area (Å²) in [6.07, 6.45) is 2.01. The molecule has 0 aromatic carbocycles. The van der Waals surface area contributed by atoms with E-state index in [0.29, 0.717) is 12.1 Å². The summed E-state index contributed by atoms with van der Waals surface area (Å²) in [5.41, 5.74) is -0.417. The maximum atomic E-state index is 12.2. The predicted octanol–water partition coefficient (Wildman–Crippen LogP) is 2.11. The summed E-state index contributed by atoms with van der Waals surface area (Å²) >= 11 is 0. The van der Waals surface area contributed by atoms with Crippen molar-refractivity contribution in [3.63, 3.8) is 0 Å². The van der Waals surface area contributed by atoms with E-state index in [9.17, 15) is 4.79 Å². The molecule has 1 amide bonds. The molecule has 2 saturated heterocycles. The number of carbonyl (C=O) groups is 1. The van der Waals surface area contributed by atoms with Crippen LogP contribution in [0.25, 0.3) is 0 Å². The minimum absolute atomic E-state index is 0.158. The fourth-order valence-corrected chi connectivity index (χ4v) is 2.81. The molecule has 5 heteroatoms. The molecule has 0 N–H and O–H groups in total. The first-order valence-corrected chi connectivity index (χ1v) is 7.74. The summed E-state index contributed by atoms with van der Waals surface area (Å²) in [7, 11) is 0. The van der Waals surface area contributed by atoms with Gasteiger partial charge in [0.25, 0.3) is 0 Å². The summed E-state index contributed by atoms with van der Waals surface area (Å²) < 4.78 is 10.9. The molecular formula is C15H28N2O3. The van der Waals surface area contributed by atoms with Crippen LogP contribution < -0.4 is 0 Å². The molecule has 2 fully saturated rings. The monoisotopic (exact) mass is 284 g/mol. The van der Waals surface area contributed by atoms with Gasteiger partial charge in [0.1, 0.15) is 5.60 Å². The van der Waals surface area contributed by atoms with Gasteiger partial charge < -0.3 is 9.47 Å². The van der Waals surface area contributed by atoms with Crippen molar-refractivity contribution in [3.8, 4) is 0 Å². The Hall–Kier alpha value is -0.810. The van der Waals surface area contributed by atoms with E-state index in [0.717, 1.165) is 45.7 Å². The van der Waals surface area contributed by atoms with Gasteiger partial charge in [-0.05, 0) is 27.2 Å². The Labute approximate surface area is 122 Å². The number of nitrogens with zero attached hydrogens (tertiary/aromatic N) is 2. The van der Waals surface area contributed by atoms with Crippen LogP contribution in [0.15, 0.2) is 0 Å². The maximum Gasteiger partial charge on any atom is 0.410 e. The molecule has 2 aliphatic heterocycles. The third-order valence-electron chi connectivity index (χ3n) is 3.81. The van der Waals surface area contributed by atoms with Gasteiger partial charge in [-0.15, -0.1) is 0 Å². The number of hydrogen-bond donors (Lipinski definition) is 0. The molecule has 0 saturated carbocycles. The number of hydrogen-bond acceptors (Lipinski definition) is 4. The lowest BCUT2D eigenvalue weighted by Gasteiger charge is -2.26. The molecule has 20 heavy (non-hydrogen) atoms. The molecule has 0 radical (unpaired) electrons. The molecule has 2 rings (SSSR count). The Morgan fingerprint density at radius 2 is 1.90 bits per heavy atom. The smallest absolute Gasteiger partial charge is 0.410 e. The lowest BCUT2D eigenvalue weighted by Crippen LogP contribution is -2.39. The summed E-state index contributed by atoms with van der Waals surface area (Å²) in [4.78, 5) is 16.5. The number of carbonyl (C=O) groups excluding carboxylic acids is 1. The van der Waals surface area contributed by atoms with Crippen molar-refractivity contribution >= 4 is 6.09 Å². The first-order valence-electron chi connectivity index (χ1n) is 7.74. The number of morpholine rings is 1. The van der Waals surface area contributed by atoms with E-state index in [2.05, 4.69) is 11.8 Å². The first kappa shape index (κ1) is 15.6. The zero-order chi connectivity index (χ0) is 14.8. The van der Waals surface area contributed by atoms with Crippen LogP contribution in [0.1, 0.15) is 40.5 Å². The van der Waals surface area contributed by atoms with Crippen molar-refractivity contribution in [2.75, 3.05) is 32.8 Å². The molecule has 0 bridgehead atoms. The van der Waals surface area contributed by atoms with Crippen LogP contribution >= 0.6 is 0 Å². The van der Waals surface area contributed by atoms with Gasteiger partial charge in [-0.25, -0.2) is 4.79 Å². The Bertz CT molecular complexity index is 335. The molecule has 5 nitrogen and oxygen atoms in total. The molecule has 0 aromatic rings. The summed E-state index contributed by atoms with van der Waals surface area (Å²) in [5, 5.41) is 0. The predicted molar refractivity (Wildman–Crippen MR) is 77.8 cm³/mol. The van der Waals surface area contributed by atoms with Crippen LogP contribution in [0.4, 0.5) is 4.79 Å². The highest BCUT2D eigenvalue weighted by Gasteiger charge is 2.52. The van der Waals surface area contributed by atoms with Crippen LogP contribution in [0.3, 0.4) is 0 Å². The molecule has 2 aliphatic rings. The van der Waals surface area contributed by atoms with Gasteiger partial charge >= 0.3 is 6.09 Å². The average molecular weight is 284 g/mol. The highest BCUT2D eigenvalue weighted by atomic mass is 16.6. The van der Waals surface area contributed by atoms with Crippen molar-refractivity contribution in [2.24, 2.45) is 0 Å². The molecule has 0 unspecified atom stereocenters. The van der Waals surface area contributed by atoms with Gasteiger partial charge in [0.15, 0.2) is 0 Å². The maximum absolute atomic E-state index is 12.2. The van der Waals surface area contributed by atoms with Gasteiger partial charge in [0, 0.05) is 19.6 Å². The Kier molecular flexibility index (Phi) is 4.91. The lowest BCUT2D eigenvalue weighted by molar-refractivity contribution is 0.0301. The third kappa shape index (κ3) is 4.09. The van der Waals surface area contributed by atoms with Crippen LogP contribution in [-0.2, 0) is 9.47 Å². The first-order chi connectivity index (χ1) is 9.42. The van der Waals surface area contributed by atoms with Crippen molar-refractivity contribution in [1.29, 1.82) is 0 Å². The van der Waals surface area contributed by atoms with Crippen LogP contribution in [-0.4, -0.2) is 66.4 Å². The third-order valence-corrected chi connectivity index (χ3v) is 3.81. The molecule has 116 valence electrons. The molecular weight excluding hydrogens is 256 g/mol. The Morgan fingerprint density at radius 3 is 2.45 bits per heavy atom. The molecule has 0 spiro atoms. The molecule has 2 heterocycles. The SMILES string of the molecule is CCC[C@@H]1[C@@H](CN2CCOCC2)N1C(=O)OC(C)(C)C. The van der Waals surface area contributed by atoms with Crippen LogP contribution in [0.2, 0.25) is 0 Å². The lowest BCUT2D eigenvalue weighted by atomic mass is 10.2. The minimum atomic E-state index is -0.417. The fraction of sp³-hybridized carbons (Fsp3) is 0.933. The second kappa shape index (κ2) is 6.31. The Morgan fingerprint density at radius 1 is 1.25 bits per heavy atom. The summed E-state index contributed by atoms with van der Waals surface area (Å²) in [6.45, 7) is 12.4. The average Bonchev–Trinajstić information content (AvgIpc) is 3.02. The zero-order valence-corrected chi connectivity index (χ0v) is 13.2. The van der Waals surface area contributed by atoms with Gasteiger partial charge in [0.2, 0.25) is 0 Å². The quantitative estimate of drug-likeness (QED) is 0.742. The van der Waals surface area contributed by atoms with Gasteiger partial charge in [-0.3, -0.25) is 9.80 Å². The Balaban J connectivity index is 1.88. The molecule has 2 atom stereocenters. The summed E-state index contributed by atoms with van der Waals surface area (Å²) in [5.74, 6) is 0. The molecule has 0 aromatic heterocycles. The van der Waals surface area contributed by atoms with Gasteiger partial charge in [-0.2, -0.15) is 0 Å². The van der Waals surface area contributed by atoms with Crippen LogP contribution in [0.5, 0.6) is 0 Å². The highest BCUT2D eigenvalue weighted by molar-refractivity contribution is 5.72. The zero-order valence-electron chi connectivity index (χ0n) is 13.2. The number of ether oxygens (including phenoxy) is 2.